The highest BCUT2D eigenvalue weighted by Crippen LogP contribution is 2.31. The molecular formula is C21H30N4O3. The van der Waals surface area contributed by atoms with Gasteiger partial charge in [0.25, 0.3) is 0 Å². The van der Waals surface area contributed by atoms with Crippen molar-refractivity contribution in [3.05, 3.63) is 30.5 Å². The summed E-state index contributed by atoms with van der Waals surface area (Å²) in [5, 5.41) is 4.01. The summed E-state index contributed by atoms with van der Waals surface area (Å²) in [7, 11) is 0. The van der Waals surface area contributed by atoms with Gasteiger partial charge in [0.2, 0.25) is 11.8 Å². The number of anilines is 1. The minimum absolute atomic E-state index is 0.0474. The van der Waals surface area contributed by atoms with Crippen molar-refractivity contribution in [2.45, 2.75) is 33.2 Å². The minimum Gasteiger partial charge on any atom is -0.381 e. The molecule has 0 unspecified atom stereocenters. The Morgan fingerprint density at radius 1 is 1.21 bits per heavy atom. The third-order valence-electron chi connectivity index (χ3n) is 5.77. The van der Waals surface area contributed by atoms with Gasteiger partial charge in [0, 0.05) is 55.6 Å². The van der Waals surface area contributed by atoms with Crippen molar-refractivity contribution in [3.63, 3.8) is 0 Å². The molecule has 3 N–H and O–H groups in total. The van der Waals surface area contributed by atoms with Crippen LogP contribution in [0, 0.1) is 5.41 Å². The smallest absolute Gasteiger partial charge is 0.242 e. The number of hydrogen-bond acceptors (Lipinski definition) is 4. The highest BCUT2D eigenvalue weighted by atomic mass is 16.5. The molecule has 0 atom stereocenters. The van der Waals surface area contributed by atoms with Crippen LogP contribution in [0.15, 0.2) is 30.5 Å². The van der Waals surface area contributed by atoms with Crippen LogP contribution in [0.5, 0.6) is 0 Å². The summed E-state index contributed by atoms with van der Waals surface area (Å²) in [5.41, 5.74) is 7.08. The van der Waals surface area contributed by atoms with Crippen LogP contribution < -0.4 is 11.1 Å². The normalized spacial score (nSPS) is 16.1. The molecule has 3 rings (SSSR count). The predicted octanol–water partition coefficient (Wildman–Crippen LogP) is 2.20. The molecule has 152 valence electrons. The molecule has 0 radical (unpaired) electrons. The summed E-state index contributed by atoms with van der Waals surface area (Å²) < 4.78 is 7.33. The van der Waals surface area contributed by atoms with Crippen LogP contribution in [0.1, 0.15) is 26.7 Å². The van der Waals surface area contributed by atoms with Gasteiger partial charge in [-0.25, -0.2) is 0 Å². The van der Waals surface area contributed by atoms with E-state index in [1.807, 2.05) is 53.8 Å². The molecule has 2 amide bonds. The van der Waals surface area contributed by atoms with Crippen LogP contribution >= 0.6 is 0 Å². The summed E-state index contributed by atoms with van der Waals surface area (Å²) in [6.07, 6.45) is 3.19. The highest BCUT2D eigenvalue weighted by molar-refractivity contribution is 5.97. The van der Waals surface area contributed by atoms with E-state index in [-0.39, 0.29) is 11.8 Å². The van der Waals surface area contributed by atoms with Crippen molar-refractivity contribution in [2.24, 2.45) is 11.1 Å². The zero-order valence-corrected chi connectivity index (χ0v) is 16.7. The molecule has 7 heteroatoms. The Morgan fingerprint density at radius 3 is 2.57 bits per heavy atom. The standard InChI is InChI=1S/C21H30N4O3/c1-3-24(4-2)19(26)14-25-10-7-16-13-17(5-6-18(16)25)23-20(27)21(15-22)8-11-28-12-9-21/h5-7,10,13H,3-4,8-9,11-12,14-15,22H2,1-2H3,(H,23,27). The van der Waals surface area contributed by atoms with E-state index in [2.05, 4.69) is 5.32 Å². The van der Waals surface area contributed by atoms with Crippen molar-refractivity contribution >= 4 is 28.4 Å². The third-order valence-corrected chi connectivity index (χ3v) is 5.77. The highest BCUT2D eigenvalue weighted by Gasteiger charge is 2.38. The number of aromatic nitrogens is 1. The van der Waals surface area contributed by atoms with E-state index in [1.165, 1.54) is 0 Å². The Hall–Kier alpha value is -2.38. The van der Waals surface area contributed by atoms with Crippen molar-refractivity contribution < 1.29 is 14.3 Å². The number of carbonyl (C=O) groups excluding carboxylic acids is 2. The molecule has 0 aliphatic carbocycles. The first-order valence-electron chi connectivity index (χ1n) is 9.99. The second-order valence-electron chi connectivity index (χ2n) is 7.33. The van der Waals surface area contributed by atoms with Crippen LogP contribution in [0.2, 0.25) is 0 Å². The molecule has 2 heterocycles. The monoisotopic (exact) mass is 386 g/mol. The Bertz CT molecular complexity index is 835. The summed E-state index contributed by atoms with van der Waals surface area (Å²) in [4.78, 5) is 27.1. The van der Waals surface area contributed by atoms with Gasteiger partial charge in [-0.1, -0.05) is 0 Å². The van der Waals surface area contributed by atoms with Gasteiger partial charge in [0.1, 0.15) is 6.54 Å². The maximum Gasteiger partial charge on any atom is 0.242 e. The fourth-order valence-corrected chi connectivity index (χ4v) is 3.79. The van der Waals surface area contributed by atoms with E-state index in [4.69, 9.17) is 10.5 Å². The molecule has 28 heavy (non-hydrogen) atoms. The van der Waals surface area contributed by atoms with Crippen LogP contribution in [-0.2, 0) is 20.9 Å². The largest absolute Gasteiger partial charge is 0.381 e. The summed E-state index contributed by atoms with van der Waals surface area (Å²) >= 11 is 0. The number of likely N-dealkylation sites (N-methyl/N-ethyl adjacent to an activating group) is 1. The molecule has 1 aromatic heterocycles. The van der Waals surface area contributed by atoms with Gasteiger partial charge in [-0.3, -0.25) is 9.59 Å². The SMILES string of the molecule is CCN(CC)C(=O)Cn1ccc2cc(NC(=O)C3(CN)CCOCC3)ccc21. The number of amides is 2. The fourth-order valence-electron chi connectivity index (χ4n) is 3.79. The number of fused-ring (bicyclic) bond motifs is 1. The second kappa shape index (κ2) is 8.75. The maximum atomic E-state index is 12.8. The fraction of sp³-hybridized carbons (Fsp3) is 0.524. The van der Waals surface area contributed by atoms with Crippen molar-refractivity contribution in [1.82, 2.24) is 9.47 Å². The van der Waals surface area contributed by atoms with Gasteiger partial charge >= 0.3 is 0 Å². The maximum absolute atomic E-state index is 12.8. The number of benzene rings is 1. The molecule has 1 aromatic carbocycles. The summed E-state index contributed by atoms with van der Waals surface area (Å²) in [5.74, 6) is 0.0538. The van der Waals surface area contributed by atoms with Crippen LogP contribution in [0.4, 0.5) is 5.69 Å². The topological polar surface area (TPSA) is 89.6 Å². The zero-order chi connectivity index (χ0) is 20.1. The first kappa shape index (κ1) is 20.4. The van der Waals surface area contributed by atoms with E-state index in [9.17, 15) is 9.59 Å². The molecule has 2 aromatic rings. The van der Waals surface area contributed by atoms with Gasteiger partial charge in [0.15, 0.2) is 0 Å². The predicted molar refractivity (Wildman–Crippen MR) is 110 cm³/mol. The molecule has 1 aliphatic rings. The Morgan fingerprint density at radius 2 is 1.93 bits per heavy atom. The first-order chi connectivity index (χ1) is 13.5. The van der Waals surface area contributed by atoms with E-state index in [0.717, 1.165) is 16.6 Å². The molecular weight excluding hydrogens is 356 g/mol. The average Bonchev–Trinajstić information content (AvgIpc) is 3.11. The van der Waals surface area contributed by atoms with Gasteiger partial charge in [0.05, 0.1) is 5.41 Å². The van der Waals surface area contributed by atoms with E-state index in [0.29, 0.717) is 52.2 Å². The van der Waals surface area contributed by atoms with Crippen molar-refractivity contribution in [3.8, 4) is 0 Å². The molecule has 7 nitrogen and oxygen atoms in total. The second-order valence-corrected chi connectivity index (χ2v) is 7.33. The number of ether oxygens (including phenoxy) is 1. The van der Waals surface area contributed by atoms with Crippen LogP contribution in [0.25, 0.3) is 10.9 Å². The molecule has 1 aliphatic heterocycles. The molecule has 0 bridgehead atoms. The Labute approximate surface area is 165 Å². The molecule has 1 fully saturated rings. The lowest BCUT2D eigenvalue weighted by molar-refractivity contribution is -0.131. The number of nitrogens with one attached hydrogen (secondary N) is 1. The molecule has 0 spiro atoms. The number of rotatable bonds is 7. The Kier molecular flexibility index (Phi) is 6.36. The number of nitrogens with zero attached hydrogens (tertiary/aromatic N) is 2. The lowest BCUT2D eigenvalue weighted by Gasteiger charge is -2.34. The lowest BCUT2D eigenvalue weighted by atomic mass is 9.79. The van der Waals surface area contributed by atoms with Crippen molar-refractivity contribution in [1.29, 1.82) is 0 Å². The minimum atomic E-state index is -0.560. The molecule has 1 saturated heterocycles. The van der Waals surface area contributed by atoms with Crippen molar-refractivity contribution in [2.75, 3.05) is 38.2 Å². The summed E-state index contributed by atoms with van der Waals surface area (Å²) in [6.45, 7) is 7.13. The van der Waals surface area contributed by atoms with E-state index >= 15 is 0 Å². The van der Waals surface area contributed by atoms with E-state index < -0.39 is 5.41 Å². The van der Waals surface area contributed by atoms with Gasteiger partial charge < -0.3 is 25.3 Å². The van der Waals surface area contributed by atoms with Gasteiger partial charge in [-0.05, 0) is 51.0 Å². The summed E-state index contributed by atoms with van der Waals surface area (Å²) in [6, 6.07) is 7.73. The average molecular weight is 386 g/mol. The van der Waals surface area contributed by atoms with E-state index in [1.54, 1.807) is 0 Å². The lowest BCUT2D eigenvalue weighted by Crippen LogP contribution is -2.46. The van der Waals surface area contributed by atoms with Crippen LogP contribution in [-0.4, -0.2) is 54.1 Å². The van der Waals surface area contributed by atoms with Gasteiger partial charge in [-0.2, -0.15) is 0 Å². The first-order valence-corrected chi connectivity index (χ1v) is 9.99. The third kappa shape index (κ3) is 4.05. The number of nitrogens with two attached hydrogens (primary N) is 1. The molecule has 0 saturated carbocycles. The number of carbonyl (C=O) groups is 2. The Balaban J connectivity index is 1.75. The van der Waals surface area contributed by atoms with Gasteiger partial charge in [-0.15, -0.1) is 0 Å². The number of hydrogen-bond donors (Lipinski definition) is 2. The zero-order valence-electron chi connectivity index (χ0n) is 16.7. The van der Waals surface area contributed by atoms with Crippen LogP contribution in [0.3, 0.4) is 0 Å². The quantitative estimate of drug-likeness (QED) is 0.763.